The van der Waals surface area contributed by atoms with Gasteiger partial charge >= 0.3 is 5.97 Å². The van der Waals surface area contributed by atoms with Crippen LogP contribution in [-0.4, -0.2) is 22.7 Å². The van der Waals surface area contributed by atoms with E-state index in [1.807, 2.05) is 0 Å². The second kappa shape index (κ2) is 5.36. The topological polar surface area (TPSA) is 83.5 Å². The van der Waals surface area contributed by atoms with Crippen LogP contribution in [0, 0.1) is 5.92 Å². The molecule has 0 fully saturated rings. The fourth-order valence-electron chi connectivity index (χ4n) is 1.43. The first-order valence-electron chi connectivity index (χ1n) is 4.84. The fourth-order valence-corrected chi connectivity index (χ4v) is 1.43. The maximum Gasteiger partial charge on any atom is 0.306 e. The molecule has 4 N–H and O–H groups in total. The molecule has 0 aliphatic carbocycles. The lowest BCUT2D eigenvalue weighted by Crippen LogP contribution is -2.20. The first-order chi connectivity index (χ1) is 7.13. The van der Waals surface area contributed by atoms with Gasteiger partial charge in [-0.1, -0.05) is 12.1 Å². The number of rotatable bonds is 5. The van der Waals surface area contributed by atoms with E-state index in [-0.39, 0.29) is 5.75 Å². The number of aromatic hydroxyl groups is 1. The van der Waals surface area contributed by atoms with Crippen LogP contribution in [0.2, 0.25) is 0 Å². The van der Waals surface area contributed by atoms with E-state index in [0.29, 0.717) is 19.4 Å². The van der Waals surface area contributed by atoms with Crippen molar-refractivity contribution in [3.05, 3.63) is 29.8 Å². The number of hydrogen-bond donors (Lipinski definition) is 3. The van der Waals surface area contributed by atoms with Crippen molar-refractivity contribution in [3.63, 3.8) is 0 Å². The average Bonchev–Trinajstić information content (AvgIpc) is 2.20. The standard InChI is InChI=1S/C11H15NO3/c12-6-5-9(11(14)15)7-8-1-3-10(13)4-2-8/h1-4,9,13H,5-7,12H2,(H,14,15). The third-order valence-electron chi connectivity index (χ3n) is 2.28. The third-order valence-corrected chi connectivity index (χ3v) is 2.28. The molecule has 0 amide bonds. The van der Waals surface area contributed by atoms with Crippen LogP contribution in [0.4, 0.5) is 0 Å². The molecule has 82 valence electrons. The molecule has 0 aromatic heterocycles. The number of benzene rings is 1. The largest absolute Gasteiger partial charge is 0.508 e. The Bertz CT molecular complexity index is 321. The van der Waals surface area contributed by atoms with Crippen LogP contribution in [0.25, 0.3) is 0 Å². The highest BCUT2D eigenvalue weighted by atomic mass is 16.4. The summed E-state index contributed by atoms with van der Waals surface area (Å²) in [5.74, 6) is -1.09. The molecule has 0 radical (unpaired) electrons. The van der Waals surface area contributed by atoms with Gasteiger partial charge in [0.05, 0.1) is 5.92 Å². The van der Waals surface area contributed by atoms with Crippen LogP contribution >= 0.6 is 0 Å². The molecule has 0 bridgehead atoms. The van der Waals surface area contributed by atoms with Gasteiger partial charge < -0.3 is 15.9 Å². The summed E-state index contributed by atoms with van der Waals surface area (Å²) in [6, 6.07) is 6.55. The van der Waals surface area contributed by atoms with Gasteiger partial charge in [0.25, 0.3) is 0 Å². The highest BCUT2D eigenvalue weighted by Crippen LogP contribution is 2.15. The molecule has 1 rings (SSSR count). The number of phenolic OH excluding ortho intramolecular Hbond substituents is 1. The zero-order chi connectivity index (χ0) is 11.3. The highest BCUT2D eigenvalue weighted by Gasteiger charge is 2.16. The number of hydrogen-bond acceptors (Lipinski definition) is 3. The molecule has 1 atom stereocenters. The molecular formula is C11H15NO3. The first kappa shape index (κ1) is 11.5. The monoisotopic (exact) mass is 209 g/mol. The summed E-state index contributed by atoms with van der Waals surface area (Å²) >= 11 is 0. The van der Waals surface area contributed by atoms with Crippen LogP contribution in [0.1, 0.15) is 12.0 Å². The van der Waals surface area contributed by atoms with E-state index < -0.39 is 11.9 Å². The Morgan fingerprint density at radius 2 is 1.93 bits per heavy atom. The van der Waals surface area contributed by atoms with Crippen molar-refractivity contribution in [2.75, 3.05) is 6.54 Å². The van der Waals surface area contributed by atoms with Crippen molar-refractivity contribution in [1.82, 2.24) is 0 Å². The summed E-state index contributed by atoms with van der Waals surface area (Å²) in [6.45, 7) is 0.370. The van der Waals surface area contributed by atoms with Crippen molar-refractivity contribution in [2.45, 2.75) is 12.8 Å². The number of carbonyl (C=O) groups is 1. The van der Waals surface area contributed by atoms with Crippen LogP contribution in [-0.2, 0) is 11.2 Å². The SMILES string of the molecule is NCCC(Cc1ccc(O)cc1)C(=O)O. The molecular weight excluding hydrogens is 194 g/mol. The van der Waals surface area contributed by atoms with Crippen LogP contribution in [0.3, 0.4) is 0 Å². The molecule has 1 unspecified atom stereocenters. The minimum atomic E-state index is -0.825. The zero-order valence-corrected chi connectivity index (χ0v) is 8.39. The predicted molar refractivity (Wildman–Crippen MR) is 56.6 cm³/mol. The molecule has 0 spiro atoms. The Hall–Kier alpha value is -1.55. The van der Waals surface area contributed by atoms with E-state index in [9.17, 15) is 4.79 Å². The lowest BCUT2D eigenvalue weighted by Gasteiger charge is -2.10. The Morgan fingerprint density at radius 3 is 2.40 bits per heavy atom. The second-order valence-electron chi connectivity index (χ2n) is 3.48. The lowest BCUT2D eigenvalue weighted by atomic mass is 9.96. The molecule has 1 aromatic rings. The summed E-state index contributed by atoms with van der Waals surface area (Å²) in [5, 5.41) is 18.0. The van der Waals surface area contributed by atoms with E-state index in [1.165, 1.54) is 0 Å². The fraction of sp³-hybridized carbons (Fsp3) is 0.364. The summed E-state index contributed by atoms with van der Waals surface area (Å²) in [4.78, 5) is 10.9. The van der Waals surface area contributed by atoms with E-state index in [0.717, 1.165) is 5.56 Å². The van der Waals surface area contributed by atoms with Crippen molar-refractivity contribution in [3.8, 4) is 5.75 Å². The van der Waals surface area contributed by atoms with E-state index in [4.69, 9.17) is 15.9 Å². The number of carboxylic acids is 1. The molecule has 15 heavy (non-hydrogen) atoms. The second-order valence-corrected chi connectivity index (χ2v) is 3.48. The van der Waals surface area contributed by atoms with Gasteiger partial charge in [-0.2, -0.15) is 0 Å². The summed E-state index contributed by atoms with van der Waals surface area (Å²) < 4.78 is 0. The molecule has 0 heterocycles. The van der Waals surface area contributed by atoms with Gasteiger partial charge in [0.15, 0.2) is 0 Å². The molecule has 4 nitrogen and oxygen atoms in total. The number of nitrogens with two attached hydrogens (primary N) is 1. The van der Waals surface area contributed by atoms with Crippen LogP contribution in [0.15, 0.2) is 24.3 Å². The van der Waals surface area contributed by atoms with Crippen LogP contribution in [0.5, 0.6) is 5.75 Å². The Labute approximate surface area is 88.3 Å². The van der Waals surface area contributed by atoms with Gasteiger partial charge in [0.2, 0.25) is 0 Å². The summed E-state index contributed by atoms with van der Waals surface area (Å²) in [7, 11) is 0. The minimum Gasteiger partial charge on any atom is -0.508 e. The molecule has 0 saturated heterocycles. The number of aliphatic carboxylic acids is 1. The molecule has 0 aliphatic heterocycles. The molecule has 0 saturated carbocycles. The molecule has 4 heteroatoms. The third kappa shape index (κ3) is 3.59. The zero-order valence-electron chi connectivity index (χ0n) is 8.39. The normalized spacial score (nSPS) is 12.3. The van der Waals surface area contributed by atoms with Gasteiger partial charge in [-0.3, -0.25) is 4.79 Å². The molecule has 1 aromatic carbocycles. The van der Waals surface area contributed by atoms with Gasteiger partial charge in [-0.05, 0) is 37.1 Å². The summed E-state index contributed by atoms with van der Waals surface area (Å²) in [5.41, 5.74) is 6.24. The van der Waals surface area contributed by atoms with Crippen molar-refractivity contribution in [2.24, 2.45) is 11.7 Å². The maximum absolute atomic E-state index is 10.9. The Morgan fingerprint density at radius 1 is 1.33 bits per heavy atom. The lowest BCUT2D eigenvalue weighted by molar-refractivity contribution is -0.141. The van der Waals surface area contributed by atoms with Gasteiger partial charge in [0.1, 0.15) is 5.75 Å². The Balaban J connectivity index is 2.65. The Kier molecular flexibility index (Phi) is 4.12. The van der Waals surface area contributed by atoms with Crippen molar-refractivity contribution >= 4 is 5.97 Å². The average molecular weight is 209 g/mol. The van der Waals surface area contributed by atoms with Crippen LogP contribution < -0.4 is 5.73 Å². The highest BCUT2D eigenvalue weighted by molar-refractivity contribution is 5.70. The summed E-state index contributed by atoms with van der Waals surface area (Å²) in [6.07, 6.45) is 0.920. The van der Waals surface area contributed by atoms with Gasteiger partial charge in [0, 0.05) is 0 Å². The first-order valence-corrected chi connectivity index (χ1v) is 4.84. The van der Waals surface area contributed by atoms with E-state index in [2.05, 4.69) is 0 Å². The van der Waals surface area contributed by atoms with Crippen molar-refractivity contribution in [1.29, 1.82) is 0 Å². The number of carboxylic acid groups (broad SMARTS) is 1. The van der Waals surface area contributed by atoms with Gasteiger partial charge in [-0.25, -0.2) is 0 Å². The van der Waals surface area contributed by atoms with E-state index >= 15 is 0 Å². The minimum absolute atomic E-state index is 0.185. The maximum atomic E-state index is 10.9. The van der Waals surface area contributed by atoms with Gasteiger partial charge in [-0.15, -0.1) is 0 Å². The predicted octanol–water partition coefficient (Wildman–Crippen LogP) is 0.984. The quantitative estimate of drug-likeness (QED) is 0.675. The van der Waals surface area contributed by atoms with Crippen molar-refractivity contribution < 1.29 is 15.0 Å². The smallest absolute Gasteiger partial charge is 0.306 e. The molecule has 0 aliphatic rings. The van der Waals surface area contributed by atoms with E-state index in [1.54, 1.807) is 24.3 Å². The number of phenols is 1.